The number of thiophene rings is 1. The Labute approximate surface area is 81.2 Å². The van der Waals surface area contributed by atoms with Gasteiger partial charge in [-0.2, -0.15) is 8.78 Å². The second-order valence-electron chi connectivity index (χ2n) is 2.43. The minimum Gasteiger partial charge on any atom is -0.381 e. The highest BCUT2D eigenvalue weighted by atomic mass is 79.9. The van der Waals surface area contributed by atoms with Gasteiger partial charge in [0, 0.05) is 4.88 Å². The van der Waals surface area contributed by atoms with Crippen LogP contribution in [-0.4, -0.2) is 9.94 Å². The van der Waals surface area contributed by atoms with Gasteiger partial charge in [-0.1, -0.05) is 0 Å². The highest BCUT2D eigenvalue weighted by Gasteiger charge is 2.36. The smallest absolute Gasteiger partial charge is 0.330 e. The third kappa shape index (κ3) is 2.24. The van der Waals surface area contributed by atoms with Crippen LogP contribution in [0, 0.1) is 6.92 Å². The van der Waals surface area contributed by atoms with Crippen molar-refractivity contribution in [1.82, 2.24) is 0 Å². The predicted molar refractivity (Wildman–Crippen MR) is 47.9 cm³/mol. The Morgan fingerprint density at radius 2 is 2.25 bits per heavy atom. The van der Waals surface area contributed by atoms with E-state index in [0.29, 0.717) is 0 Å². The molecule has 0 saturated carbocycles. The van der Waals surface area contributed by atoms with Gasteiger partial charge in [0.1, 0.15) is 0 Å². The van der Waals surface area contributed by atoms with Crippen molar-refractivity contribution in [2.24, 2.45) is 0 Å². The molecule has 1 aromatic heterocycles. The maximum atomic E-state index is 12.5. The zero-order valence-electron chi connectivity index (χ0n) is 6.22. The molecule has 1 rings (SSSR count). The second-order valence-corrected chi connectivity index (χ2v) is 4.61. The Morgan fingerprint density at radius 3 is 2.58 bits per heavy atom. The van der Waals surface area contributed by atoms with E-state index in [2.05, 4.69) is 15.9 Å². The normalized spacial score (nSPS) is 14.8. The van der Waals surface area contributed by atoms with Crippen molar-refractivity contribution in [3.63, 3.8) is 0 Å². The average molecular weight is 257 g/mol. The molecule has 0 saturated heterocycles. The van der Waals surface area contributed by atoms with Crippen molar-refractivity contribution < 1.29 is 13.9 Å². The van der Waals surface area contributed by atoms with Crippen molar-refractivity contribution in [1.29, 1.82) is 0 Å². The van der Waals surface area contributed by atoms with E-state index in [-0.39, 0.29) is 5.56 Å². The highest BCUT2D eigenvalue weighted by Crippen LogP contribution is 2.37. The molecule has 0 spiro atoms. The third-order valence-electron chi connectivity index (χ3n) is 1.38. The lowest BCUT2D eigenvalue weighted by Crippen LogP contribution is -2.17. The summed E-state index contributed by atoms with van der Waals surface area (Å²) in [4.78, 5) is -2.35. The van der Waals surface area contributed by atoms with Crippen molar-refractivity contribution in [3.8, 4) is 0 Å². The Morgan fingerprint density at radius 1 is 1.67 bits per heavy atom. The number of hydrogen-bond acceptors (Lipinski definition) is 2. The molecule has 1 nitrogen and oxygen atoms in total. The van der Waals surface area contributed by atoms with Crippen LogP contribution in [-0.2, 0) is 0 Å². The van der Waals surface area contributed by atoms with Gasteiger partial charge in [-0.05, 0) is 39.9 Å². The van der Waals surface area contributed by atoms with Crippen LogP contribution in [0.1, 0.15) is 16.5 Å². The van der Waals surface area contributed by atoms with Crippen molar-refractivity contribution in [2.45, 2.75) is 17.9 Å². The van der Waals surface area contributed by atoms with Crippen molar-refractivity contribution in [2.75, 3.05) is 0 Å². The van der Waals surface area contributed by atoms with Crippen LogP contribution in [0.2, 0.25) is 0 Å². The van der Waals surface area contributed by atoms with Gasteiger partial charge in [0.2, 0.25) is 0 Å². The molecular formula is C7H7BrF2OS. The maximum Gasteiger partial charge on any atom is 0.330 e. The Bertz CT molecular complexity index is 269. The molecule has 0 amide bonds. The predicted octanol–water partition coefficient (Wildman–Crippen LogP) is 3.08. The zero-order valence-corrected chi connectivity index (χ0v) is 8.62. The number of aliphatic hydroxyl groups is 1. The maximum absolute atomic E-state index is 12.5. The second kappa shape index (κ2) is 3.40. The Kier molecular flexibility index (Phi) is 2.85. The fourth-order valence-corrected chi connectivity index (χ4v) is 1.78. The Hall–Kier alpha value is -0.0000000000000000833. The first kappa shape index (κ1) is 10.1. The molecule has 1 N–H and O–H groups in total. The summed E-state index contributed by atoms with van der Waals surface area (Å²) in [5.41, 5.74) is 0.249. The van der Waals surface area contributed by atoms with Gasteiger partial charge in [-0.3, -0.25) is 0 Å². The van der Waals surface area contributed by atoms with Crippen LogP contribution in [0.5, 0.6) is 0 Å². The summed E-state index contributed by atoms with van der Waals surface area (Å²) >= 11 is 3.45. The van der Waals surface area contributed by atoms with Crippen LogP contribution in [0.3, 0.4) is 0 Å². The average Bonchev–Trinajstić information content (AvgIpc) is 2.32. The standard InChI is InChI=1S/C7H7BrF2OS/c1-4-2-5(3-12-4)6(11)7(8,9)10/h2-3,6,11H,1H3. The topological polar surface area (TPSA) is 20.2 Å². The zero-order chi connectivity index (χ0) is 9.35. The van der Waals surface area contributed by atoms with E-state index in [1.54, 1.807) is 13.0 Å². The molecule has 1 aromatic rings. The minimum absolute atomic E-state index is 0.249. The van der Waals surface area contributed by atoms with E-state index in [4.69, 9.17) is 5.11 Å². The molecule has 1 atom stereocenters. The minimum atomic E-state index is -3.25. The monoisotopic (exact) mass is 256 g/mol. The number of rotatable bonds is 2. The van der Waals surface area contributed by atoms with E-state index < -0.39 is 10.9 Å². The van der Waals surface area contributed by atoms with Gasteiger partial charge < -0.3 is 5.11 Å². The molecule has 68 valence electrons. The molecule has 0 aliphatic carbocycles. The quantitative estimate of drug-likeness (QED) is 0.807. The van der Waals surface area contributed by atoms with Gasteiger partial charge >= 0.3 is 4.83 Å². The molecule has 0 aromatic carbocycles. The molecular weight excluding hydrogens is 250 g/mol. The van der Waals surface area contributed by atoms with Gasteiger partial charge in [0.15, 0.2) is 6.10 Å². The molecule has 1 unspecified atom stereocenters. The van der Waals surface area contributed by atoms with Gasteiger partial charge in [-0.15, -0.1) is 11.3 Å². The number of alkyl halides is 3. The summed E-state index contributed by atoms with van der Waals surface area (Å²) in [6.07, 6.45) is -1.76. The molecule has 0 fully saturated rings. The van der Waals surface area contributed by atoms with Crippen LogP contribution in [0.25, 0.3) is 0 Å². The summed E-state index contributed by atoms with van der Waals surface area (Å²) in [5.74, 6) is 0. The van der Waals surface area contributed by atoms with Gasteiger partial charge in [-0.25, -0.2) is 0 Å². The number of halogens is 3. The summed E-state index contributed by atoms with van der Waals surface area (Å²) in [7, 11) is 0. The van der Waals surface area contributed by atoms with Crippen molar-refractivity contribution in [3.05, 3.63) is 21.9 Å². The van der Waals surface area contributed by atoms with Crippen LogP contribution >= 0.6 is 27.3 Å². The molecule has 1 heterocycles. The van der Waals surface area contributed by atoms with Crippen LogP contribution in [0.4, 0.5) is 8.78 Å². The third-order valence-corrected chi connectivity index (χ3v) is 2.69. The lowest BCUT2D eigenvalue weighted by Gasteiger charge is -2.14. The first-order valence-electron chi connectivity index (χ1n) is 3.21. The molecule has 5 heteroatoms. The van der Waals surface area contributed by atoms with E-state index >= 15 is 0 Å². The first-order chi connectivity index (χ1) is 5.41. The number of aryl methyl sites for hydroxylation is 1. The van der Waals surface area contributed by atoms with E-state index in [9.17, 15) is 8.78 Å². The number of aliphatic hydroxyl groups excluding tert-OH is 1. The van der Waals surface area contributed by atoms with Crippen LogP contribution in [0.15, 0.2) is 11.4 Å². The summed E-state index contributed by atoms with van der Waals surface area (Å²) in [6.45, 7) is 1.80. The first-order valence-corrected chi connectivity index (χ1v) is 4.88. The van der Waals surface area contributed by atoms with E-state index in [1.807, 2.05) is 0 Å². The van der Waals surface area contributed by atoms with E-state index in [1.165, 1.54) is 16.7 Å². The number of hydrogen-bond donors (Lipinski definition) is 1. The fraction of sp³-hybridized carbons (Fsp3) is 0.429. The summed E-state index contributed by atoms with van der Waals surface area (Å²) in [6, 6.07) is 1.55. The molecule has 0 radical (unpaired) electrons. The fourth-order valence-electron chi connectivity index (χ4n) is 0.796. The van der Waals surface area contributed by atoms with Crippen molar-refractivity contribution >= 4 is 27.3 Å². The van der Waals surface area contributed by atoms with E-state index in [0.717, 1.165) is 4.88 Å². The molecule has 0 aliphatic heterocycles. The lowest BCUT2D eigenvalue weighted by molar-refractivity contribution is -0.0292. The largest absolute Gasteiger partial charge is 0.381 e. The van der Waals surface area contributed by atoms with Gasteiger partial charge in [0.05, 0.1) is 0 Å². The molecule has 0 bridgehead atoms. The molecule has 12 heavy (non-hydrogen) atoms. The highest BCUT2D eigenvalue weighted by molar-refractivity contribution is 9.10. The van der Waals surface area contributed by atoms with Crippen LogP contribution < -0.4 is 0 Å². The lowest BCUT2D eigenvalue weighted by atomic mass is 10.2. The molecule has 0 aliphatic rings. The Balaban J connectivity index is 2.85. The summed E-state index contributed by atoms with van der Waals surface area (Å²) < 4.78 is 25.0. The van der Waals surface area contributed by atoms with Gasteiger partial charge in [0.25, 0.3) is 0 Å². The summed E-state index contributed by atoms with van der Waals surface area (Å²) in [5, 5.41) is 10.6. The SMILES string of the molecule is Cc1cc(C(O)C(F)(F)Br)cs1.